The molecule has 5 nitrogen and oxygen atoms in total. The predicted octanol–water partition coefficient (Wildman–Crippen LogP) is 1.60. The van der Waals surface area contributed by atoms with Gasteiger partial charge in [0.2, 0.25) is 11.8 Å². The average Bonchev–Trinajstić information content (AvgIpc) is 2.49. The van der Waals surface area contributed by atoms with Crippen LogP contribution in [-0.2, 0) is 9.59 Å². The number of aryl methyl sites for hydroxylation is 1. The Morgan fingerprint density at radius 2 is 1.48 bits per heavy atom. The van der Waals surface area contributed by atoms with Crippen LogP contribution in [0.25, 0.3) is 0 Å². The zero-order chi connectivity index (χ0) is 15.7. The normalized spacial score (nSPS) is 10.0. The van der Waals surface area contributed by atoms with Crippen LogP contribution < -0.4 is 10.6 Å². The van der Waals surface area contributed by atoms with Crippen molar-refractivity contribution in [2.24, 2.45) is 0 Å². The van der Waals surface area contributed by atoms with Crippen LogP contribution in [0.5, 0.6) is 0 Å². The van der Waals surface area contributed by atoms with Gasteiger partial charge in [-0.3, -0.25) is 14.4 Å². The molecule has 0 saturated carbocycles. The Morgan fingerprint density at radius 3 is 2.05 bits per heavy atom. The van der Waals surface area contributed by atoms with Crippen LogP contribution in [0.3, 0.4) is 0 Å². The Bertz CT molecular complexity index is 495. The van der Waals surface area contributed by atoms with Crippen molar-refractivity contribution in [3.8, 4) is 0 Å². The lowest BCUT2D eigenvalue weighted by atomic mass is 10.1. The van der Waals surface area contributed by atoms with Crippen molar-refractivity contribution in [2.75, 3.05) is 13.1 Å². The van der Waals surface area contributed by atoms with E-state index in [4.69, 9.17) is 0 Å². The van der Waals surface area contributed by atoms with Crippen molar-refractivity contribution in [2.45, 2.75) is 33.1 Å². The summed E-state index contributed by atoms with van der Waals surface area (Å²) >= 11 is 0. The fraction of sp³-hybridized carbons (Fsp3) is 0.438. The molecule has 0 aliphatic heterocycles. The van der Waals surface area contributed by atoms with Gasteiger partial charge in [0.05, 0.1) is 0 Å². The molecule has 0 bridgehead atoms. The van der Waals surface area contributed by atoms with E-state index in [-0.39, 0.29) is 30.4 Å². The van der Waals surface area contributed by atoms with E-state index in [1.54, 1.807) is 19.1 Å². The smallest absolute Gasteiger partial charge is 0.220 e. The minimum absolute atomic E-state index is 0.0376. The maximum absolute atomic E-state index is 11.9. The van der Waals surface area contributed by atoms with Gasteiger partial charge in [0.15, 0.2) is 5.78 Å². The molecule has 0 fully saturated rings. The van der Waals surface area contributed by atoms with Gasteiger partial charge in [0.25, 0.3) is 0 Å². The molecule has 0 unspecified atom stereocenters. The van der Waals surface area contributed by atoms with Crippen LogP contribution in [-0.4, -0.2) is 30.7 Å². The Hall–Kier alpha value is -2.17. The Morgan fingerprint density at radius 1 is 0.905 bits per heavy atom. The molecule has 114 valence electrons. The van der Waals surface area contributed by atoms with E-state index in [0.29, 0.717) is 25.1 Å². The highest BCUT2D eigenvalue weighted by atomic mass is 16.2. The van der Waals surface area contributed by atoms with Gasteiger partial charge in [-0.1, -0.05) is 36.8 Å². The lowest BCUT2D eigenvalue weighted by Crippen LogP contribution is -2.34. The van der Waals surface area contributed by atoms with Gasteiger partial charge in [0.1, 0.15) is 0 Å². The molecule has 0 atom stereocenters. The Balaban J connectivity index is 2.22. The number of hydrogen-bond donors (Lipinski definition) is 2. The third-order valence-corrected chi connectivity index (χ3v) is 3.04. The fourth-order valence-electron chi connectivity index (χ4n) is 1.73. The first-order chi connectivity index (χ1) is 10.0. The topological polar surface area (TPSA) is 75.3 Å². The highest BCUT2D eigenvalue weighted by molar-refractivity contribution is 5.97. The summed E-state index contributed by atoms with van der Waals surface area (Å²) in [7, 11) is 0. The molecule has 0 radical (unpaired) electrons. The molecule has 0 heterocycles. The predicted molar refractivity (Wildman–Crippen MR) is 81.1 cm³/mol. The molecule has 2 amide bonds. The third kappa shape index (κ3) is 6.70. The highest BCUT2D eigenvalue weighted by Crippen LogP contribution is 2.07. The van der Waals surface area contributed by atoms with Gasteiger partial charge in [-0.2, -0.15) is 0 Å². The van der Waals surface area contributed by atoms with Gasteiger partial charge >= 0.3 is 0 Å². The second kappa shape index (κ2) is 8.89. The van der Waals surface area contributed by atoms with Gasteiger partial charge in [-0.25, -0.2) is 0 Å². The number of Topliss-reactive ketones (excluding diaryl/α,β-unsaturated/α-hetero) is 1. The van der Waals surface area contributed by atoms with Crippen LogP contribution in [0.4, 0.5) is 0 Å². The van der Waals surface area contributed by atoms with Crippen LogP contribution in [0.2, 0.25) is 0 Å². The summed E-state index contributed by atoms with van der Waals surface area (Å²) in [5.41, 5.74) is 1.72. The molecule has 0 aliphatic carbocycles. The molecule has 2 N–H and O–H groups in total. The van der Waals surface area contributed by atoms with E-state index in [9.17, 15) is 14.4 Å². The van der Waals surface area contributed by atoms with E-state index in [1.807, 2.05) is 19.1 Å². The number of rotatable bonds is 8. The summed E-state index contributed by atoms with van der Waals surface area (Å²) < 4.78 is 0. The van der Waals surface area contributed by atoms with Crippen LogP contribution >= 0.6 is 0 Å². The molecule has 0 aliphatic rings. The van der Waals surface area contributed by atoms with E-state index < -0.39 is 0 Å². The Kier molecular flexibility index (Phi) is 7.15. The summed E-state index contributed by atoms with van der Waals surface area (Å²) in [5, 5.41) is 5.34. The SMILES string of the molecule is CCC(=O)NCCNC(=O)CCC(=O)c1ccc(C)cc1. The van der Waals surface area contributed by atoms with E-state index >= 15 is 0 Å². The van der Waals surface area contributed by atoms with Crippen LogP contribution in [0, 0.1) is 6.92 Å². The number of amides is 2. The number of hydrogen-bond acceptors (Lipinski definition) is 3. The molecular weight excluding hydrogens is 268 g/mol. The second-order valence-corrected chi connectivity index (χ2v) is 4.84. The molecule has 1 aromatic carbocycles. The summed E-state index contributed by atoms with van der Waals surface area (Å²) in [5.74, 6) is -0.260. The molecule has 1 rings (SSSR count). The minimum atomic E-state index is -0.179. The third-order valence-electron chi connectivity index (χ3n) is 3.04. The number of nitrogens with one attached hydrogen (secondary N) is 2. The molecule has 5 heteroatoms. The quantitative estimate of drug-likeness (QED) is 0.564. The lowest BCUT2D eigenvalue weighted by molar-refractivity contribution is -0.122. The van der Waals surface area contributed by atoms with Crippen molar-refractivity contribution >= 4 is 17.6 Å². The van der Waals surface area contributed by atoms with E-state index in [0.717, 1.165) is 5.56 Å². The van der Waals surface area contributed by atoms with Gasteiger partial charge in [-0.15, -0.1) is 0 Å². The lowest BCUT2D eigenvalue weighted by Gasteiger charge is -2.06. The van der Waals surface area contributed by atoms with E-state index in [2.05, 4.69) is 10.6 Å². The maximum atomic E-state index is 11.9. The average molecular weight is 290 g/mol. The molecule has 0 saturated heterocycles. The van der Waals surface area contributed by atoms with Crippen molar-refractivity contribution in [3.05, 3.63) is 35.4 Å². The summed E-state index contributed by atoms with van der Waals surface area (Å²) in [4.78, 5) is 34.4. The first-order valence-corrected chi connectivity index (χ1v) is 7.16. The monoisotopic (exact) mass is 290 g/mol. The molecule has 0 aromatic heterocycles. The minimum Gasteiger partial charge on any atom is -0.354 e. The Labute approximate surface area is 125 Å². The maximum Gasteiger partial charge on any atom is 0.220 e. The second-order valence-electron chi connectivity index (χ2n) is 4.84. The highest BCUT2D eigenvalue weighted by Gasteiger charge is 2.08. The largest absolute Gasteiger partial charge is 0.354 e. The van der Waals surface area contributed by atoms with Crippen molar-refractivity contribution in [1.29, 1.82) is 0 Å². The zero-order valence-electron chi connectivity index (χ0n) is 12.6. The van der Waals surface area contributed by atoms with Crippen LogP contribution in [0.1, 0.15) is 42.1 Å². The first kappa shape index (κ1) is 16.9. The van der Waals surface area contributed by atoms with Crippen molar-refractivity contribution in [3.63, 3.8) is 0 Å². The number of ketones is 1. The fourth-order valence-corrected chi connectivity index (χ4v) is 1.73. The standard InChI is InChI=1S/C16H22N2O3/c1-3-15(20)17-10-11-18-16(21)9-8-14(19)13-6-4-12(2)5-7-13/h4-7H,3,8-11H2,1-2H3,(H,17,20)(H,18,21). The van der Waals surface area contributed by atoms with Crippen molar-refractivity contribution in [1.82, 2.24) is 10.6 Å². The van der Waals surface area contributed by atoms with Crippen LogP contribution in [0.15, 0.2) is 24.3 Å². The molecule has 21 heavy (non-hydrogen) atoms. The van der Waals surface area contributed by atoms with Gasteiger partial charge < -0.3 is 10.6 Å². The number of carbonyl (C=O) groups is 3. The summed E-state index contributed by atoms with van der Waals surface area (Å²) in [6.07, 6.45) is 0.781. The molecular formula is C16H22N2O3. The first-order valence-electron chi connectivity index (χ1n) is 7.16. The van der Waals surface area contributed by atoms with Gasteiger partial charge in [-0.05, 0) is 6.92 Å². The zero-order valence-corrected chi connectivity index (χ0v) is 12.6. The van der Waals surface area contributed by atoms with E-state index in [1.165, 1.54) is 0 Å². The number of carbonyl (C=O) groups excluding carboxylic acids is 3. The summed E-state index contributed by atoms with van der Waals surface area (Å²) in [6.45, 7) is 4.51. The molecule has 1 aromatic rings. The van der Waals surface area contributed by atoms with Crippen molar-refractivity contribution < 1.29 is 14.4 Å². The van der Waals surface area contributed by atoms with Gasteiger partial charge in [0, 0.05) is 37.9 Å². The summed E-state index contributed by atoms with van der Waals surface area (Å²) in [6, 6.07) is 7.30. The molecule has 0 spiro atoms. The number of benzene rings is 1.